The Labute approximate surface area is 166 Å². The van der Waals surface area contributed by atoms with Gasteiger partial charge in [0.25, 0.3) is 10.0 Å². The Hall–Kier alpha value is -2.16. The van der Waals surface area contributed by atoms with Gasteiger partial charge in [-0.25, -0.2) is 8.42 Å². The number of anilines is 1. The van der Waals surface area contributed by atoms with Crippen molar-refractivity contribution in [2.75, 3.05) is 4.72 Å². The van der Waals surface area contributed by atoms with E-state index in [1.165, 1.54) is 12.1 Å². The minimum atomic E-state index is -3.80. The van der Waals surface area contributed by atoms with Gasteiger partial charge in [-0.05, 0) is 64.3 Å². The second kappa shape index (κ2) is 7.02. The lowest BCUT2D eigenvalue weighted by atomic mass is 9.78. The van der Waals surface area contributed by atoms with Crippen LogP contribution in [0.5, 0.6) is 0 Å². The monoisotopic (exact) mass is 401 g/mol. The quantitative estimate of drug-likeness (QED) is 0.616. The molecule has 1 N–H and O–H groups in total. The van der Waals surface area contributed by atoms with Crippen LogP contribution < -0.4 is 10.2 Å². The Kier molecular flexibility index (Phi) is 5.16. The normalized spacial score (nSPS) is 18.1. The molecule has 2 aromatic carbocycles. The first-order valence-corrected chi connectivity index (χ1v) is 10.5. The molecule has 0 bridgehead atoms. The Morgan fingerprint density at radius 2 is 1.54 bits per heavy atom. The molecule has 0 saturated carbocycles. The number of carbonyl (C=O) groups excluding carboxylic acids is 1. The maximum absolute atomic E-state index is 12.6. The Bertz CT molecular complexity index is 984. The summed E-state index contributed by atoms with van der Waals surface area (Å²) in [6, 6.07) is 11.3. The SMILES string of the molecule is Cc1ccc(S(=O)(=O)Nc2ccc(B3OC(C)(C)C(C)(C)O3)cc2C=O)cc1. The number of carbonyl (C=O) groups is 1. The van der Waals surface area contributed by atoms with Gasteiger partial charge in [0, 0.05) is 5.56 Å². The lowest BCUT2D eigenvalue weighted by molar-refractivity contribution is 0.00578. The fraction of sp³-hybridized carbons (Fsp3) is 0.350. The van der Waals surface area contributed by atoms with Gasteiger partial charge in [-0.2, -0.15) is 0 Å². The molecule has 0 amide bonds. The van der Waals surface area contributed by atoms with E-state index in [1.54, 1.807) is 30.3 Å². The standard InChI is InChI=1S/C20H24BNO5S/c1-14-6-9-17(10-7-14)28(24,25)22-18-11-8-16(12-15(18)13-23)21-26-19(2,3)20(4,5)27-21/h6-13,22H,1-5H3. The molecule has 0 aliphatic carbocycles. The highest BCUT2D eigenvalue weighted by atomic mass is 32.2. The highest BCUT2D eigenvalue weighted by Crippen LogP contribution is 2.36. The average molecular weight is 401 g/mol. The molecule has 0 atom stereocenters. The van der Waals surface area contributed by atoms with Gasteiger partial charge in [0.2, 0.25) is 0 Å². The molecule has 0 aromatic heterocycles. The number of benzene rings is 2. The summed E-state index contributed by atoms with van der Waals surface area (Å²) in [6.45, 7) is 9.65. The first-order valence-electron chi connectivity index (χ1n) is 8.99. The van der Waals surface area contributed by atoms with Crippen molar-refractivity contribution in [1.29, 1.82) is 0 Å². The minimum Gasteiger partial charge on any atom is -0.399 e. The van der Waals surface area contributed by atoms with Crippen LogP contribution in [-0.4, -0.2) is 33.0 Å². The van der Waals surface area contributed by atoms with Gasteiger partial charge < -0.3 is 9.31 Å². The van der Waals surface area contributed by atoms with Crippen molar-refractivity contribution < 1.29 is 22.5 Å². The lowest BCUT2D eigenvalue weighted by Crippen LogP contribution is -2.41. The van der Waals surface area contributed by atoms with Gasteiger partial charge in [-0.1, -0.05) is 23.8 Å². The molecule has 2 aromatic rings. The largest absolute Gasteiger partial charge is 0.494 e. The van der Waals surface area contributed by atoms with Crippen LogP contribution in [0, 0.1) is 6.92 Å². The molecular formula is C20H24BNO5S. The van der Waals surface area contributed by atoms with Crippen LogP contribution in [0.2, 0.25) is 0 Å². The highest BCUT2D eigenvalue weighted by molar-refractivity contribution is 7.92. The van der Waals surface area contributed by atoms with Crippen molar-refractivity contribution in [3.05, 3.63) is 53.6 Å². The van der Waals surface area contributed by atoms with Crippen LogP contribution in [0.25, 0.3) is 0 Å². The Morgan fingerprint density at radius 1 is 0.964 bits per heavy atom. The van der Waals surface area contributed by atoms with E-state index in [-0.39, 0.29) is 16.1 Å². The fourth-order valence-electron chi connectivity index (χ4n) is 2.82. The summed E-state index contributed by atoms with van der Waals surface area (Å²) in [4.78, 5) is 11.7. The summed E-state index contributed by atoms with van der Waals surface area (Å²) in [5.41, 5.74) is 1.01. The second-order valence-electron chi connectivity index (χ2n) is 7.97. The molecule has 8 heteroatoms. The number of sulfonamides is 1. The average Bonchev–Trinajstić information content (AvgIpc) is 2.83. The van der Waals surface area contributed by atoms with Crippen LogP contribution in [0.3, 0.4) is 0 Å². The Morgan fingerprint density at radius 3 is 2.07 bits per heavy atom. The maximum Gasteiger partial charge on any atom is 0.494 e. The third-order valence-electron chi connectivity index (χ3n) is 5.30. The van der Waals surface area contributed by atoms with Crippen molar-refractivity contribution in [3.63, 3.8) is 0 Å². The van der Waals surface area contributed by atoms with Gasteiger partial charge in [0.1, 0.15) is 0 Å². The predicted octanol–water partition coefficient (Wildman–Crippen LogP) is 2.91. The third-order valence-corrected chi connectivity index (χ3v) is 6.69. The zero-order chi connectivity index (χ0) is 20.7. The van der Waals surface area contributed by atoms with Gasteiger partial charge in [0.15, 0.2) is 6.29 Å². The second-order valence-corrected chi connectivity index (χ2v) is 9.65. The third kappa shape index (κ3) is 3.85. The van der Waals surface area contributed by atoms with Crippen LogP contribution in [0.1, 0.15) is 43.6 Å². The molecule has 1 saturated heterocycles. The molecule has 28 heavy (non-hydrogen) atoms. The van der Waals surface area contributed by atoms with Crippen LogP contribution in [-0.2, 0) is 19.3 Å². The van der Waals surface area contributed by atoms with Crippen molar-refractivity contribution in [2.45, 2.75) is 50.7 Å². The summed E-state index contributed by atoms with van der Waals surface area (Å²) >= 11 is 0. The van der Waals surface area contributed by atoms with E-state index in [0.29, 0.717) is 11.7 Å². The summed E-state index contributed by atoms with van der Waals surface area (Å²) < 4.78 is 39.7. The van der Waals surface area contributed by atoms with E-state index in [1.807, 2.05) is 34.6 Å². The molecule has 0 spiro atoms. The number of rotatable bonds is 5. The van der Waals surface area contributed by atoms with Crippen LogP contribution in [0.4, 0.5) is 5.69 Å². The lowest BCUT2D eigenvalue weighted by Gasteiger charge is -2.32. The molecule has 3 rings (SSSR count). The van der Waals surface area contributed by atoms with Crippen molar-refractivity contribution in [3.8, 4) is 0 Å². The topological polar surface area (TPSA) is 81.7 Å². The van der Waals surface area contributed by atoms with Gasteiger partial charge in [-0.15, -0.1) is 0 Å². The maximum atomic E-state index is 12.6. The summed E-state index contributed by atoms with van der Waals surface area (Å²) in [6.07, 6.45) is 0.613. The molecule has 1 aliphatic rings. The van der Waals surface area contributed by atoms with E-state index < -0.39 is 28.3 Å². The van der Waals surface area contributed by atoms with Gasteiger partial charge >= 0.3 is 7.12 Å². The highest BCUT2D eigenvalue weighted by Gasteiger charge is 2.51. The van der Waals surface area contributed by atoms with Crippen LogP contribution >= 0.6 is 0 Å². The number of aldehydes is 1. The van der Waals surface area contributed by atoms with E-state index >= 15 is 0 Å². The first kappa shape index (κ1) is 20.6. The van der Waals surface area contributed by atoms with E-state index in [9.17, 15) is 13.2 Å². The zero-order valence-electron chi connectivity index (χ0n) is 16.6. The zero-order valence-corrected chi connectivity index (χ0v) is 17.5. The summed E-state index contributed by atoms with van der Waals surface area (Å²) in [7, 11) is -4.44. The molecule has 1 aliphatic heterocycles. The van der Waals surface area contributed by atoms with Crippen molar-refractivity contribution in [1.82, 2.24) is 0 Å². The van der Waals surface area contributed by atoms with Gasteiger partial charge in [-0.3, -0.25) is 9.52 Å². The van der Waals surface area contributed by atoms with Crippen molar-refractivity contribution in [2.24, 2.45) is 0 Å². The Balaban J connectivity index is 1.88. The van der Waals surface area contributed by atoms with E-state index in [4.69, 9.17) is 9.31 Å². The van der Waals surface area contributed by atoms with E-state index in [0.717, 1.165) is 5.56 Å². The van der Waals surface area contributed by atoms with E-state index in [2.05, 4.69) is 4.72 Å². The molecular weight excluding hydrogens is 377 g/mol. The molecule has 1 fully saturated rings. The van der Waals surface area contributed by atoms with Gasteiger partial charge in [0.05, 0.1) is 21.8 Å². The molecule has 1 heterocycles. The molecule has 0 unspecified atom stereocenters. The number of nitrogens with one attached hydrogen (secondary N) is 1. The minimum absolute atomic E-state index is 0.130. The first-order chi connectivity index (χ1) is 12.9. The van der Waals surface area contributed by atoms with Crippen molar-refractivity contribution >= 4 is 34.6 Å². The molecule has 0 radical (unpaired) electrons. The summed E-state index contributed by atoms with van der Waals surface area (Å²) in [5, 5.41) is 0. The number of aryl methyl sites for hydroxylation is 1. The smallest absolute Gasteiger partial charge is 0.399 e. The fourth-order valence-corrected chi connectivity index (χ4v) is 3.91. The molecule has 6 nitrogen and oxygen atoms in total. The predicted molar refractivity (Wildman–Crippen MR) is 110 cm³/mol. The molecule has 148 valence electrons. The number of hydrogen-bond acceptors (Lipinski definition) is 5. The number of hydrogen-bond donors (Lipinski definition) is 1. The summed E-state index contributed by atoms with van der Waals surface area (Å²) in [5.74, 6) is 0. The van der Waals surface area contributed by atoms with Crippen LogP contribution in [0.15, 0.2) is 47.4 Å².